The van der Waals surface area contributed by atoms with Crippen LogP contribution < -0.4 is 4.74 Å². The van der Waals surface area contributed by atoms with Crippen molar-refractivity contribution < 1.29 is 4.74 Å². The van der Waals surface area contributed by atoms with Gasteiger partial charge in [-0.2, -0.15) is 0 Å². The molecule has 0 heterocycles. The Morgan fingerprint density at radius 1 is 0.889 bits per heavy atom. The summed E-state index contributed by atoms with van der Waals surface area (Å²) in [5.74, 6) is 0.986. The average molecular weight is 249 g/mol. The number of benzene rings is 1. The highest BCUT2D eigenvalue weighted by molar-refractivity contribution is 5.27. The molecule has 1 aromatic rings. The summed E-state index contributed by atoms with van der Waals surface area (Å²) in [4.78, 5) is 2.47. The largest absolute Gasteiger partial charge is 0.492 e. The third-order valence-corrected chi connectivity index (χ3v) is 3.09. The molecule has 0 bridgehead atoms. The fraction of sp³-hybridized carbons (Fsp3) is 0.625. The lowest BCUT2D eigenvalue weighted by atomic mass is 10.2. The Morgan fingerprint density at radius 3 is 2.00 bits per heavy atom. The maximum Gasteiger partial charge on any atom is 0.119 e. The molecule has 0 N–H and O–H groups in total. The van der Waals surface area contributed by atoms with Crippen LogP contribution in [0.1, 0.15) is 39.2 Å². The number of rotatable bonds is 9. The SMILES string of the molecule is CCCN(CCC)CCOc1ccc(CC)cc1. The van der Waals surface area contributed by atoms with Crippen LogP contribution in [0.3, 0.4) is 0 Å². The first-order chi connectivity index (χ1) is 8.80. The van der Waals surface area contributed by atoms with Gasteiger partial charge >= 0.3 is 0 Å². The second-order valence-electron chi connectivity index (χ2n) is 4.69. The summed E-state index contributed by atoms with van der Waals surface area (Å²) < 4.78 is 5.79. The summed E-state index contributed by atoms with van der Waals surface area (Å²) in [6.45, 7) is 10.8. The van der Waals surface area contributed by atoms with Crippen molar-refractivity contribution in [3.05, 3.63) is 29.8 Å². The summed E-state index contributed by atoms with van der Waals surface area (Å²) in [7, 11) is 0. The lowest BCUT2D eigenvalue weighted by Crippen LogP contribution is -2.30. The van der Waals surface area contributed by atoms with Gasteiger partial charge in [0.05, 0.1) is 0 Å². The van der Waals surface area contributed by atoms with Crippen molar-refractivity contribution in [1.29, 1.82) is 0 Å². The fourth-order valence-electron chi connectivity index (χ4n) is 2.08. The van der Waals surface area contributed by atoms with E-state index in [4.69, 9.17) is 4.74 Å². The second-order valence-corrected chi connectivity index (χ2v) is 4.69. The highest BCUT2D eigenvalue weighted by atomic mass is 16.5. The zero-order valence-electron chi connectivity index (χ0n) is 12.1. The van der Waals surface area contributed by atoms with Crippen molar-refractivity contribution in [2.75, 3.05) is 26.2 Å². The van der Waals surface area contributed by atoms with Crippen LogP contribution in [0.5, 0.6) is 5.75 Å². The predicted molar refractivity (Wildman–Crippen MR) is 78.3 cm³/mol. The van der Waals surface area contributed by atoms with Gasteiger partial charge in [0.1, 0.15) is 12.4 Å². The molecule has 0 unspecified atom stereocenters. The lowest BCUT2D eigenvalue weighted by Gasteiger charge is -2.20. The smallest absolute Gasteiger partial charge is 0.119 e. The van der Waals surface area contributed by atoms with Crippen LogP contribution in [-0.2, 0) is 6.42 Å². The minimum Gasteiger partial charge on any atom is -0.492 e. The zero-order chi connectivity index (χ0) is 13.2. The molecular weight excluding hydrogens is 222 g/mol. The van der Waals surface area contributed by atoms with Crippen molar-refractivity contribution >= 4 is 0 Å². The minimum absolute atomic E-state index is 0.783. The van der Waals surface area contributed by atoms with Crippen LogP contribution in [0.15, 0.2) is 24.3 Å². The molecule has 0 spiro atoms. The number of aryl methyl sites for hydroxylation is 1. The lowest BCUT2D eigenvalue weighted by molar-refractivity contribution is 0.209. The molecule has 0 radical (unpaired) electrons. The molecule has 0 saturated carbocycles. The van der Waals surface area contributed by atoms with E-state index < -0.39 is 0 Å². The van der Waals surface area contributed by atoms with Gasteiger partial charge in [-0.3, -0.25) is 4.90 Å². The molecule has 0 aliphatic carbocycles. The van der Waals surface area contributed by atoms with E-state index in [2.05, 4.69) is 49.9 Å². The standard InChI is InChI=1S/C16H27NO/c1-4-11-17(12-5-2)13-14-18-16-9-7-15(6-3)8-10-16/h7-10H,4-6,11-14H2,1-3H3. The molecule has 0 saturated heterocycles. The molecule has 0 amide bonds. The summed E-state index contributed by atoms with van der Waals surface area (Å²) in [5.41, 5.74) is 1.36. The summed E-state index contributed by atoms with van der Waals surface area (Å²) >= 11 is 0. The van der Waals surface area contributed by atoms with Crippen molar-refractivity contribution in [3.63, 3.8) is 0 Å². The van der Waals surface area contributed by atoms with Crippen LogP contribution in [0.25, 0.3) is 0 Å². The Hall–Kier alpha value is -1.02. The Labute approximate surface area is 112 Å². The molecule has 0 aromatic heterocycles. The summed E-state index contributed by atoms with van der Waals surface area (Å²) in [6.07, 6.45) is 3.51. The average Bonchev–Trinajstić information content (AvgIpc) is 2.40. The number of hydrogen-bond donors (Lipinski definition) is 0. The first-order valence-electron chi connectivity index (χ1n) is 7.24. The molecule has 2 heteroatoms. The fourth-order valence-corrected chi connectivity index (χ4v) is 2.08. The maximum atomic E-state index is 5.79. The molecule has 102 valence electrons. The van der Waals surface area contributed by atoms with E-state index in [0.29, 0.717) is 0 Å². The topological polar surface area (TPSA) is 12.5 Å². The van der Waals surface area contributed by atoms with Gasteiger partial charge < -0.3 is 4.74 Å². The van der Waals surface area contributed by atoms with Crippen LogP contribution in [0.2, 0.25) is 0 Å². The molecule has 1 aromatic carbocycles. The third-order valence-electron chi connectivity index (χ3n) is 3.09. The van der Waals surface area contributed by atoms with Gasteiger partial charge in [-0.1, -0.05) is 32.9 Å². The van der Waals surface area contributed by atoms with Crippen molar-refractivity contribution in [2.45, 2.75) is 40.0 Å². The maximum absolute atomic E-state index is 5.79. The zero-order valence-corrected chi connectivity index (χ0v) is 12.1. The molecule has 0 aliphatic heterocycles. The minimum atomic E-state index is 0.783. The van der Waals surface area contributed by atoms with Gasteiger partial charge in [-0.25, -0.2) is 0 Å². The van der Waals surface area contributed by atoms with E-state index in [-0.39, 0.29) is 0 Å². The van der Waals surface area contributed by atoms with Crippen molar-refractivity contribution in [1.82, 2.24) is 4.90 Å². The highest BCUT2D eigenvalue weighted by Gasteiger charge is 2.02. The Kier molecular flexibility index (Phi) is 7.51. The van der Waals surface area contributed by atoms with Gasteiger partial charge in [0.2, 0.25) is 0 Å². The van der Waals surface area contributed by atoms with E-state index >= 15 is 0 Å². The first kappa shape index (κ1) is 15.0. The quantitative estimate of drug-likeness (QED) is 0.661. The molecular formula is C16H27NO. The monoisotopic (exact) mass is 249 g/mol. The molecule has 1 rings (SSSR count). The molecule has 0 fully saturated rings. The van der Waals surface area contributed by atoms with Crippen LogP contribution in [0.4, 0.5) is 0 Å². The van der Waals surface area contributed by atoms with Crippen molar-refractivity contribution in [2.24, 2.45) is 0 Å². The Bertz CT molecular complexity index is 301. The predicted octanol–water partition coefficient (Wildman–Crippen LogP) is 3.75. The van der Waals surface area contributed by atoms with Gasteiger partial charge in [-0.05, 0) is 50.0 Å². The van der Waals surface area contributed by atoms with Crippen molar-refractivity contribution in [3.8, 4) is 5.75 Å². The Morgan fingerprint density at radius 2 is 1.50 bits per heavy atom. The second kappa shape index (κ2) is 8.98. The van der Waals surface area contributed by atoms with E-state index in [1.54, 1.807) is 0 Å². The van der Waals surface area contributed by atoms with E-state index in [1.165, 1.54) is 31.5 Å². The third kappa shape index (κ3) is 5.54. The van der Waals surface area contributed by atoms with Gasteiger partial charge in [0.25, 0.3) is 0 Å². The molecule has 18 heavy (non-hydrogen) atoms. The van der Waals surface area contributed by atoms with Gasteiger partial charge in [-0.15, -0.1) is 0 Å². The summed E-state index contributed by atoms with van der Waals surface area (Å²) in [5, 5.41) is 0. The summed E-state index contributed by atoms with van der Waals surface area (Å²) in [6, 6.07) is 8.43. The first-order valence-corrected chi connectivity index (χ1v) is 7.24. The Balaban J connectivity index is 2.30. The number of nitrogens with zero attached hydrogens (tertiary/aromatic N) is 1. The van der Waals surface area contributed by atoms with E-state index in [1.807, 2.05) is 0 Å². The van der Waals surface area contributed by atoms with Gasteiger partial charge in [0.15, 0.2) is 0 Å². The number of hydrogen-bond acceptors (Lipinski definition) is 2. The molecule has 0 atom stereocenters. The van der Waals surface area contributed by atoms with E-state index in [9.17, 15) is 0 Å². The van der Waals surface area contributed by atoms with Crippen LogP contribution in [0, 0.1) is 0 Å². The molecule has 0 aliphatic rings. The van der Waals surface area contributed by atoms with Crippen LogP contribution >= 0.6 is 0 Å². The van der Waals surface area contributed by atoms with Gasteiger partial charge in [0, 0.05) is 6.54 Å². The van der Waals surface area contributed by atoms with E-state index in [0.717, 1.165) is 25.3 Å². The highest BCUT2D eigenvalue weighted by Crippen LogP contribution is 2.12. The van der Waals surface area contributed by atoms with Crippen LogP contribution in [-0.4, -0.2) is 31.1 Å². The normalized spacial score (nSPS) is 10.9. The number of ether oxygens (including phenoxy) is 1. The molecule has 2 nitrogen and oxygen atoms in total.